The zero-order valence-electron chi connectivity index (χ0n) is 11.0. The summed E-state index contributed by atoms with van der Waals surface area (Å²) in [5, 5.41) is 8.59. The molecule has 3 rings (SSSR count). The van der Waals surface area contributed by atoms with E-state index in [4.69, 9.17) is 0 Å². The van der Waals surface area contributed by atoms with E-state index in [1.165, 1.54) is 0 Å². The van der Waals surface area contributed by atoms with Crippen molar-refractivity contribution in [2.75, 3.05) is 5.32 Å². The Bertz CT molecular complexity index is 717. The standard InChI is InChI=1S/C14H15N5/c1-10-12(9-19(2)18-10)8-16-14-15-7-11-5-3-4-6-13(11)17-14/h3-7,9H,8H2,1-2H3,(H,15,16,17). The van der Waals surface area contributed by atoms with E-state index in [-0.39, 0.29) is 0 Å². The maximum Gasteiger partial charge on any atom is 0.223 e. The molecule has 0 unspecified atom stereocenters. The maximum atomic E-state index is 4.48. The van der Waals surface area contributed by atoms with Crippen molar-refractivity contribution in [1.82, 2.24) is 19.7 Å². The summed E-state index contributed by atoms with van der Waals surface area (Å²) in [5.74, 6) is 0.641. The van der Waals surface area contributed by atoms with E-state index in [0.717, 1.165) is 22.2 Å². The number of aromatic nitrogens is 4. The fourth-order valence-electron chi connectivity index (χ4n) is 2.05. The highest BCUT2D eigenvalue weighted by Gasteiger charge is 2.04. The minimum atomic E-state index is 0.641. The van der Waals surface area contributed by atoms with E-state index in [1.54, 1.807) is 0 Å². The third-order valence-corrected chi connectivity index (χ3v) is 3.04. The van der Waals surface area contributed by atoms with Crippen molar-refractivity contribution in [3.63, 3.8) is 0 Å². The Labute approximate surface area is 111 Å². The highest BCUT2D eigenvalue weighted by atomic mass is 15.3. The Morgan fingerprint density at radius 2 is 2.11 bits per heavy atom. The van der Waals surface area contributed by atoms with E-state index < -0.39 is 0 Å². The predicted octanol–water partition coefficient (Wildman–Crippen LogP) is 2.28. The van der Waals surface area contributed by atoms with Gasteiger partial charge in [-0.1, -0.05) is 18.2 Å². The van der Waals surface area contributed by atoms with Crippen LogP contribution in [0.4, 0.5) is 5.95 Å². The third-order valence-electron chi connectivity index (χ3n) is 3.04. The van der Waals surface area contributed by atoms with Crippen LogP contribution in [0, 0.1) is 6.92 Å². The number of benzene rings is 1. The van der Waals surface area contributed by atoms with Gasteiger partial charge in [-0.2, -0.15) is 5.10 Å². The molecule has 5 nitrogen and oxygen atoms in total. The van der Waals surface area contributed by atoms with E-state index in [1.807, 2.05) is 55.3 Å². The van der Waals surface area contributed by atoms with Gasteiger partial charge in [-0.25, -0.2) is 9.97 Å². The van der Waals surface area contributed by atoms with Gasteiger partial charge in [0.2, 0.25) is 5.95 Å². The van der Waals surface area contributed by atoms with E-state index >= 15 is 0 Å². The quantitative estimate of drug-likeness (QED) is 0.778. The summed E-state index contributed by atoms with van der Waals surface area (Å²) in [5.41, 5.74) is 3.12. The summed E-state index contributed by atoms with van der Waals surface area (Å²) in [6, 6.07) is 7.95. The molecule has 96 valence electrons. The number of rotatable bonds is 3. The summed E-state index contributed by atoms with van der Waals surface area (Å²) >= 11 is 0. The molecular weight excluding hydrogens is 238 g/mol. The molecule has 5 heteroatoms. The summed E-state index contributed by atoms with van der Waals surface area (Å²) in [4.78, 5) is 8.79. The molecule has 0 saturated heterocycles. The molecule has 0 aliphatic heterocycles. The van der Waals surface area contributed by atoms with Crippen LogP contribution in [0.5, 0.6) is 0 Å². The van der Waals surface area contributed by atoms with Crippen LogP contribution in [-0.2, 0) is 13.6 Å². The zero-order valence-corrected chi connectivity index (χ0v) is 11.0. The molecule has 19 heavy (non-hydrogen) atoms. The molecule has 0 aliphatic carbocycles. The highest BCUT2D eigenvalue weighted by molar-refractivity contribution is 5.78. The van der Waals surface area contributed by atoms with Crippen LogP contribution in [0.15, 0.2) is 36.7 Å². The number of aryl methyl sites for hydroxylation is 2. The molecule has 0 fully saturated rings. The molecule has 1 N–H and O–H groups in total. The van der Waals surface area contributed by atoms with Gasteiger partial charge in [0.1, 0.15) is 0 Å². The number of anilines is 1. The van der Waals surface area contributed by atoms with Crippen LogP contribution in [0.25, 0.3) is 10.9 Å². The maximum absolute atomic E-state index is 4.48. The average Bonchev–Trinajstić information content (AvgIpc) is 2.74. The lowest BCUT2D eigenvalue weighted by Gasteiger charge is -2.04. The Balaban J connectivity index is 1.80. The molecule has 0 amide bonds. The van der Waals surface area contributed by atoms with Gasteiger partial charge >= 0.3 is 0 Å². The van der Waals surface area contributed by atoms with Crippen molar-refractivity contribution >= 4 is 16.9 Å². The van der Waals surface area contributed by atoms with Gasteiger partial charge in [-0.15, -0.1) is 0 Å². The van der Waals surface area contributed by atoms with Gasteiger partial charge < -0.3 is 5.32 Å². The monoisotopic (exact) mass is 253 g/mol. The predicted molar refractivity (Wildman–Crippen MR) is 74.8 cm³/mol. The number of nitrogens with one attached hydrogen (secondary N) is 1. The summed E-state index contributed by atoms with van der Waals surface area (Å²) in [6.07, 6.45) is 3.84. The first-order valence-corrected chi connectivity index (χ1v) is 6.17. The van der Waals surface area contributed by atoms with E-state index in [0.29, 0.717) is 12.5 Å². The Morgan fingerprint density at radius 3 is 2.89 bits per heavy atom. The molecule has 2 aromatic heterocycles. The van der Waals surface area contributed by atoms with Gasteiger partial charge in [0.25, 0.3) is 0 Å². The van der Waals surface area contributed by atoms with Crippen LogP contribution >= 0.6 is 0 Å². The van der Waals surface area contributed by atoms with Crippen LogP contribution in [-0.4, -0.2) is 19.7 Å². The second-order valence-corrected chi connectivity index (χ2v) is 4.52. The number of hydrogen-bond donors (Lipinski definition) is 1. The van der Waals surface area contributed by atoms with Gasteiger partial charge in [-0.3, -0.25) is 4.68 Å². The average molecular weight is 253 g/mol. The molecule has 0 spiro atoms. The van der Waals surface area contributed by atoms with Crippen LogP contribution in [0.1, 0.15) is 11.3 Å². The van der Waals surface area contributed by atoms with Crippen molar-refractivity contribution in [3.8, 4) is 0 Å². The van der Waals surface area contributed by atoms with Gasteiger partial charge in [-0.05, 0) is 13.0 Å². The molecule has 1 aromatic carbocycles. The number of para-hydroxylation sites is 1. The number of nitrogens with zero attached hydrogens (tertiary/aromatic N) is 4. The fourth-order valence-corrected chi connectivity index (χ4v) is 2.05. The van der Waals surface area contributed by atoms with Crippen molar-refractivity contribution < 1.29 is 0 Å². The molecule has 0 bridgehead atoms. The Kier molecular flexibility index (Phi) is 2.87. The second-order valence-electron chi connectivity index (χ2n) is 4.52. The van der Waals surface area contributed by atoms with Gasteiger partial charge in [0, 0.05) is 36.9 Å². The van der Waals surface area contributed by atoms with Gasteiger partial charge in [0.05, 0.1) is 11.2 Å². The summed E-state index contributed by atoms with van der Waals surface area (Å²) < 4.78 is 1.81. The first kappa shape index (κ1) is 11.6. The van der Waals surface area contributed by atoms with Crippen LogP contribution < -0.4 is 5.32 Å². The smallest absolute Gasteiger partial charge is 0.223 e. The Morgan fingerprint density at radius 1 is 1.26 bits per heavy atom. The summed E-state index contributed by atoms with van der Waals surface area (Å²) in [7, 11) is 1.92. The molecule has 0 saturated carbocycles. The van der Waals surface area contributed by atoms with Crippen molar-refractivity contribution in [1.29, 1.82) is 0 Å². The van der Waals surface area contributed by atoms with Gasteiger partial charge in [0.15, 0.2) is 0 Å². The van der Waals surface area contributed by atoms with Crippen molar-refractivity contribution in [2.45, 2.75) is 13.5 Å². The molecule has 0 radical (unpaired) electrons. The lowest BCUT2D eigenvalue weighted by Crippen LogP contribution is -2.03. The largest absolute Gasteiger partial charge is 0.350 e. The molecule has 0 aliphatic rings. The SMILES string of the molecule is Cc1nn(C)cc1CNc1ncc2ccccc2n1. The fraction of sp³-hybridized carbons (Fsp3) is 0.214. The lowest BCUT2D eigenvalue weighted by molar-refractivity contribution is 0.756. The minimum absolute atomic E-state index is 0.641. The molecule has 2 heterocycles. The van der Waals surface area contributed by atoms with Crippen molar-refractivity contribution in [2.24, 2.45) is 7.05 Å². The normalized spacial score (nSPS) is 10.8. The molecule has 3 aromatic rings. The van der Waals surface area contributed by atoms with Crippen molar-refractivity contribution in [3.05, 3.63) is 47.9 Å². The molecular formula is C14H15N5. The Hall–Kier alpha value is -2.43. The number of fused-ring (bicyclic) bond motifs is 1. The third kappa shape index (κ3) is 2.40. The zero-order chi connectivity index (χ0) is 13.2. The van der Waals surface area contributed by atoms with E-state index in [9.17, 15) is 0 Å². The highest BCUT2D eigenvalue weighted by Crippen LogP contribution is 2.13. The minimum Gasteiger partial charge on any atom is -0.350 e. The first-order chi connectivity index (χ1) is 9.22. The number of hydrogen-bond acceptors (Lipinski definition) is 4. The van der Waals surface area contributed by atoms with Crippen LogP contribution in [0.2, 0.25) is 0 Å². The topological polar surface area (TPSA) is 55.6 Å². The lowest BCUT2D eigenvalue weighted by atomic mass is 10.2. The van der Waals surface area contributed by atoms with E-state index in [2.05, 4.69) is 20.4 Å². The molecule has 0 atom stereocenters. The second kappa shape index (κ2) is 4.68. The summed E-state index contributed by atoms with van der Waals surface area (Å²) in [6.45, 7) is 2.68. The van der Waals surface area contributed by atoms with Crippen LogP contribution in [0.3, 0.4) is 0 Å². The first-order valence-electron chi connectivity index (χ1n) is 6.17.